The molecule has 0 saturated carbocycles. The van der Waals surface area contributed by atoms with E-state index in [1.54, 1.807) is 43.1 Å². The number of allylic oxidation sites excluding steroid dienone is 4. The summed E-state index contributed by atoms with van der Waals surface area (Å²) in [5.74, 6) is 0.231. The molecule has 0 unspecified atom stereocenters. The van der Waals surface area contributed by atoms with Crippen LogP contribution in [0.3, 0.4) is 0 Å². The van der Waals surface area contributed by atoms with E-state index < -0.39 is 0 Å². The summed E-state index contributed by atoms with van der Waals surface area (Å²) in [6, 6.07) is 1.77. The van der Waals surface area contributed by atoms with Crippen LogP contribution in [0.25, 0.3) is 0 Å². The summed E-state index contributed by atoms with van der Waals surface area (Å²) in [5.41, 5.74) is 0.292. The van der Waals surface area contributed by atoms with Crippen LogP contribution in [0, 0.1) is 0 Å². The quantitative estimate of drug-likeness (QED) is 0.667. The maximum Gasteiger partial charge on any atom is 0.310 e. The standard InChI is InChI=1S/C14H15N3O3/c1-3-14(19)20-12-6-4-5-11(18)10(12)9-15-13-7-8-17(2)16-13/h4-9H,3H2,1-2H3,(H,15,16). The molecule has 0 saturated heterocycles. The van der Waals surface area contributed by atoms with Gasteiger partial charge < -0.3 is 10.1 Å². The fourth-order valence-corrected chi connectivity index (χ4v) is 1.59. The summed E-state index contributed by atoms with van der Waals surface area (Å²) >= 11 is 0. The topological polar surface area (TPSA) is 73.2 Å². The first-order chi connectivity index (χ1) is 9.60. The highest BCUT2D eigenvalue weighted by Gasteiger charge is 2.18. The van der Waals surface area contributed by atoms with Crippen LogP contribution in [0.4, 0.5) is 5.82 Å². The molecule has 1 N–H and O–H groups in total. The minimum absolute atomic E-state index is 0.227. The van der Waals surface area contributed by atoms with Gasteiger partial charge in [-0.2, -0.15) is 5.10 Å². The highest BCUT2D eigenvalue weighted by molar-refractivity contribution is 6.08. The third-order valence-electron chi connectivity index (χ3n) is 2.62. The fraction of sp³-hybridized carbons (Fsp3) is 0.214. The lowest BCUT2D eigenvalue weighted by molar-refractivity contribution is -0.138. The maximum absolute atomic E-state index is 11.8. The van der Waals surface area contributed by atoms with E-state index in [0.29, 0.717) is 11.4 Å². The zero-order valence-corrected chi connectivity index (χ0v) is 11.3. The first kappa shape index (κ1) is 13.8. The van der Waals surface area contributed by atoms with Crippen molar-refractivity contribution in [3.8, 4) is 0 Å². The van der Waals surface area contributed by atoms with E-state index in [1.807, 2.05) is 0 Å². The molecule has 0 amide bonds. The summed E-state index contributed by atoms with van der Waals surface area (Å²) in [4.78, 5) is 23.2. The number of nitrogens with zero attached hydrogens (tertiary/aromatic N) is 2. The fourth-order valence-electron chi connectivity index (χ4n) is 1.59. The molecule has 2 rings (SSSR count). The van der Waals surface area contributed by atoms with Gasteiger partial charge >= 0.3 is 5.97 Å². The van der Waals surface area contributed by atoms with Crippen LogP contribution < -0.4 is 5.32 Å². The van der Waals surface area contributed by atoms with Gasteiger partial charge in [0, 0.05) is 31.9 Å². The Morgan fingerprint density at radius 2 is 2.35 bits per heavy atom. The molecule has 0 fully saturated rings. The monoisotopic (exact) mass is 273 g/mol. The van der Waals surface area contributed by atoms with Crippen LogP contribution in [0.2, 0.25) is 0 Å². The molecule has 0 bridgehead atoms. The number of aryl methyl sites for hydroxylation is 1. The zero-order valence-electron chi connectivity index (χ0n) is 11.3. The van der Waals surface area contributed by atoms with Crippen molar-refractivity contribution < 1.29 is 14.3 Å². The molecule has 0 aromatic carbocycles. The molecule has 0 atom stereocenters. The molecule has 1 aliphatic rings. The second-order valence-electron chi connectivity index (χ2n) is 4.16. The number of anilines is 1. The third kappa shape index (κ3) is 3.23. The molecule has 0 radical (unpaired) electrons. The van der Waals surface area contributed by atoms with Crippen LogP contribution in [0.1, 0.15) is 13.3 Å². The van der Waals surface area contributed by atoms with Crippen LogP contribution in [-0.4, -0.2) is 21.5 Å². The van der Waals surface area contributed by atoms with Crippen molar-refractivity contribution in [3.05, 3.63) is 48.0 Å². The molecule has 1 aliphatic carbocycles. The van der Waals surface area contributed by atoms with Crippen molar-refractivity contribution >= 4 is 17.6 Å². The zero-order chi connectivity index (χ0) is 14.5. The van der Waals surface area contributed by atoms with Crippen molar-refractivity contribution in [1.82, 2.24) is 9.78 Å². The van der Waals surface area contributed by atoms with Gasteiger partial charge in [0.2, 0.25) is 0 Å². The first-order valence-electron chi connectivity index (χ1n) is 6.20. The van der Waals surface area contributed by atoms with E-state index >= 15 is 0 Å². The largest absolute Gasteiger partial charge is 0.426 e. The van der Waals surface area contributed by atoms with E-state index in [0.717, 1.165) is 0 Å². The van der Waals surface area contributed by atoms with Gasteiger partial charge in [-0.1, -0.05) is 13.0 Å². The average Bonchev–Trinajstić information content (AvgIpc) is 2.83. The molecule has 20 heavy (non-hydrogen) atoms. The molecular weight excluding hydrogens is 258 g/mol. The number of esters is 1. The van der Waals surface area contributed by atoms with Gasteiger partial charge in [-0.05, 0) is 12.2 Å². The normalized spacial score (nSPS) is 16.2. The Balaban J connectivity index is 2.17. The first-order valence-corrected chi connectivity index (χ1v) is 6.20. The Kier molecular flexibility index (Phi) is 4.14. The van der Waals surface area contributed by atoms with Gasteiger partial charge in [0.05, 0.1) is 5.57 Å². The molecular formula is C14H15N3O3. The third-order valence-corrected chi connectivity index (χ3v) is 2.62. The van der Waals surface area contributed by atoms with E-state index in [2.05, 4.69) is 10.4 Å². The summed E-state index contributed by atoms with van der Waals surface area (Å²) in [6.45, 7) is 1.69. The van der Waals surface area contributed by atoms with E-state index in [4.69, 9.17) is 4.74 Å². The second kappa shape index (κ2) is 6.01. The van der Waals surface area contributed by atoms with Crippen LogP contribution >= 0.6 is 0 Å². The molecule has 104 valence electrons. The smallest absolute Gasteiger partial charge is 0.310 e. The molecule has 6 heteroatoms. The minimum Gasteiger partial charge on any atom is -0.426 e. The molecule has 1 aromatic rings. The number of ketones is 1. The number of aromatic nitrogens is 2. The molecule has 6 nitrogen and oxygen atoms in total. The summed E-state index contributed by atoms with van der Waals surface area (Å²) in [6.07, 6.45) is 8.06. The predicted octanol–water partition coefficient (Wildman–Crippen LogP) is 1.69. The summed E-state index contributed by atoms with van der Waals surface area (Å²) < 4.78 is 6.77. The minimum atomic E-state index is -0.386. The Morgan fingerprint density at radius 3 is 3.00 bits per heavy atom. The van der Waals surface area contributed by atoms with Gasteiger partial charge in [0.15, 0.2) is 11.6 Å². The number of ether oxygens (including phenoxy) is 1. The number of rotatable bonds is 4. The van der Waals surface area contributed by atoms with Crippen LogP contribution in [0.15, 0.2) is 48.0 Å². The second-order valence-corrected chi connectivity index (χ2v) is 4.16. The van der Waals surface area contributed by atoms with Crippen molar-refractivity contribution in [3.63, 3.8) is 0 Å². The van der Waals surface area contributed by atoms with E-state index in [1.165, 1.54) is 12.3 Å². The summed E-state index contributed by atoms with van der Waals surface area (Å²) in [7, 11) is 1.79. The van der Waals surface area contributed by atoms with Crippen molar-refractivity contribution in [2.75, 3.05) is 5.32 Å². The number of carbonyl (C=O) groups excluding carboxylic acids is 2. The highest BCUT2D eigenvalue weighted by atomic mass is 16.5. The van der Waals surface area contributed by atoms with Crippen molar-refractivity contribution in [2.45, 2.75) is 13.3 Å². The summed E-state index contributed by atoms with van der Waals surface area (Å²) in [5, 5.41) is 7.03. The van der Waals surface area contributed by atoms with Gasteiger partial charge in [0.25, 0.3) is 0 Å². The van der Waals surface area contributed by atoms with E-state index in [-0.39, 0.29) is 23.9 Å². The maximum atomic E-state index is 11.8. The molecule has 0 aliphatic heterocycles. The molecule has 0 spiro atoms. The lowest BCUT2D eigenvalue weighted by atomic mass is 10.1. The lowest BCUT2D eigenvalue weighted by Gasteiger charge is -2.12. The van der Waals surface area contributed by atoms with Gasteiger partial charge in [-0.25, -0.2) is 0 Å². The average molecular weight is 273 g/mol. The SMILES string of the molecule is CCC(=O)OC1=CC=CC(=O)C1=CNc1ccn(C)n1. The van der Waals surface area contributed by atoms with Crippen molar-refractivity contribution in [2.24, 2.45) is 7.05 Å². The van der Waals surface area contributed by atoms with Gasteiger partial charge in [-0.15, -0.1) is 0 Å². The Morgan fingerprint density at radius 1 is 1.55 bits per heavy atom. The van der Waals surface area contributed by atoms with E-state index in [9.17, 15) is 9.59 Å². The number of hydrogen-bond acceptors (Lipinski definition) is 5. The van der Waals surface area contributed by atoms with Crippen LogP contribution in [0.5, 0.6) is 0 Å². The number of nitrogens with one attached hydrogen (secondary N) is 1. The Labute approximate surface area is 116 Å². The lowest BCUT2D eigenvalue weighted by Crippen LogP contribution is -2.13. The Bertz CT molecular complexity index is 623. The molecule has 1 aromatic heterocycles. The number of carbonyl (C=O) groups is 2. The Hall–Kier alpha value is -2.63. The molecule has 1 heterocycles. The predicted molar refractivity (Wildman–Crippen MR) is 73.5 cm³/mol. The highest BCUT2D eigenvalue weighted by Crippen LogP contribution is 2.19. The van der Waals surface area contributed by atoms with Gasteiger partial charge in [0.1, 0.15) is 5.76 Å². The van der Waals surface area contributed by atoms with Crippen LogP contribution in [-0.2, 0) is 21.4 Å². The van der Waals surface area contributed by atoms with Crippen molar-refractivity contribution in [1.29, 1.82) is 0 Å². The number of hydrogen-bond donors (Lipinski definition) is 1. The van der Waals surface area contributed by atoms with Gasteiger partial charge in [-0.3, -0.25) is 14.3 Å².